The highest BCUT2D eigenvalue weighted by Crippen LogP contribution is 2.19. The summed E-state index contributed by atoms with van der Waals surface area (Å²) in [4.78, 5) is 28.7. The van der Waals surface area contributed by atoms with Gasteiger partial charge in [-0.05, 0) is 49.6 Å². The van der Waals surface area contributed by atoms with Crippen molar-refractivity contribution in [3.05, 3.63) is 59.2 Å². The van der Waals surface area contributed by atoms with Gasteiger partial charge in [0.1, 0.15) is 5.75 Å². The standard InChI is InChI=1S/C23H29N3O3/c1-17-6-4-9-20(14-17)29-16-22(28)26-12-10-25(11-13-26)15-21(27)24-23-18(2)7-5-8-19(23)3/h4-9,14H,10-13,15-16H2,1-3H3,(H,24,27). The van der Waals surface area contributed by atoms with Gasteiger partial charge in [-0.3, -0.25) is 14.5 Å². The van der Waals surface area contributed by atoms with Gasteiger partial charge in [0, 0.05) is 31.9 Å². The fourth-order valence-electron chi connectivity index (χ4n) is 3.49. The van der Waals surface area contributed by atoms with Crippen molar-refractivity contribution in [3.8, 4) is 5.75 Å². The summed E-state index contributed by atoms with van der Waals surface area (Å²) in [5.41, 5.74) is 4.10. The average Bonchev–Trinajstić information content (AvgIpc) is 2.70. The molecule has 0 atom stereocenters. The van der Waals surface area contributed by atoms with Crippen molar-refractivity contribution in [1.29, 1.82) is 0 Å². The van der Waals surface area contributed by atoms with Crippen molar-refractivity contribution in [2.24, 2.45) is 0 Å². The van der Waals surface area contributed by atoms with Crippen LogP contribution in [0.5, 0.6) is 5.75 Å². The summed E-state index contributed by atoms with van der Waals surface area (Å²) >= 11 is 0. The summed E-state index contributed by atoms with van der Waals surface area (Å²) in [6.45, 7) is 8.90. The molecule has 0 spiro atoms. The number of ether oxygens (including phenoxy) is 1. The minimum atomic E-state index is -0.0232. The SMILES string of the molecule is Cc1cccc(OCC(=O)N2CCN(CC(=O)Nc3c(C)cccc3C)CC2)c1. The number of piperazine rings is 1. The highest BCUT2D eigenvalue weighted by molar-refractivity contribution is 5.93. The lowest BCUT2D eigenvalue weighted by Gasteiger charge is -2.34. The van der Waals surface area contributed by atoms with Crippen LogP contribution in [0.3, 0.4) is 0 Å². The maximum Gasteiger partial charge on any atom is 0.260 e. The number of para-hydroxylation sites is 1. The van der Waals surface area contributed by atoms with Gasteiger partial charge in [0.15, 0.2) is 6.61 Å². The number of nitrogens with zero attached hydrogens (tertiary/aromatic N) is 2. The van der Waals surface area contributed by atoms with E-state index in [0.29, 0.717) is 38.5 Å². The second-order valence-corrected chi connectivity index (χ2v) is 7.58. The van der Waals surface area contributed by atoms with E-state index in [9.17, 15) is 9.59 Å². The topological polar surface area (TPSA) is 61.9 Å². The fourth-order valence-corrected chi connectivity index (χ4v) is 3.49. The Labute approximate surface area is 172 Å². The van der Waals surface area contributed by atoms with Crippen LogP contribution in [0.2, 0.25) is 0 Å². The molecule has 2 aromatic rings. The first-order chi connectivity index (χ1) is 13.9. The Morgan fingerprint density at radius 1 is 0.966 bits per heavy atom. The smallest absolute Gasteiger partial charge is 0.260 e. The van der Waals surface area contributed by atoms with E-state index < -0.39 is 0 Å². The van der Waals surface area contributed by atoms with Crippen LogP contribution in [0, 0.1) is 20.8 Å². The van der Waals surface area contributed by atoms with Gasteiger partial charge < -0.3 is 15.0 Å². The predicted molar refractivity (Wildman–Crippen MR) is 114 cm³/mol. The van der Waals surface area contributed by atoms with Gasteiger partial charge in [-0.15, -0.1) is 0 Å². The molecule has 3 rings (SSSR count). The summed E-state index contributed by atoms with van der Waals surface area (Å²) in [6, 6.07) is 13.6. The van der Waals surface area contributed by atoms with Crippen LogP contribution in [0.25, 0.3) is 0 Å². The minimum Gasteiger partial charge on any atom is -0.484 e. The Morgan fingerprint density at radius 3 is 2.28 bits per heavy atom. The molecule has 6 heteroatoms. The van der Waals surface area contributed by atoms with E-state index in [1.165, 1.54) is 0 Å². The van der Waals surface area contributed by atoms with E-state index in [1.807, 2.05) is 63.2 Å². The van der Waals surface area contributed by atoms with Crippen LogP contribution in [0.1, 0.15) is 16.7 Å². The monoisotopic (exact) mass is 395 g/mol. The fraction of sp³-hybridized carbons (Fsp3) is 0.391. The van der Waals surface area contributed by atoms with Crippen molar-refractivity contribution in [2.75, 3.05) is 44.6 Å². The quantitative estimate of drug-likeness (QED) is 0.817. The molecule has 0 bridgehead atoms. The third kappa shape index (κ3) is 5.81. The molecule has 0 saturated carbocycles. The predicted octanol–water partition coefficient (Wildman–Crippen LogP) is 2.77. The van der Waals surface area contributed by atoms with E-state index in [-0.39, 0.29) is 18.4 Å². The number of carbonyl (C=O) groups is 2. The second-order valence-electron chi connectivity index (χ2n) is 7.58. The molecule has 29 heavy (non-hydrogen) atoms. The lowest BCUT2D eigenvalue weighted by Crippen LogP contribution is -2.51. The molecule has 1 aliphatic heterocycles. The molecule has 0 radical (unpaired) electrons. The Balaban J connectivity index is 1.42. The molecule has 2 aromatic carbocycles. The summed E-state index contributed by atoms with van der Waals surface area (Å²) in [6.07, 6.45) is 0. The second kappa shape index (κ2) is 9.56. The molecule has 1 saturated heterocycles. The van der Waals surface area contributed by atoms with Crippen LogP contribution >= 0.6 is 0 Å². The van der Waals surface area contributed by atoms with Crippen LogP contribution in [-0.2, 0) is 9.59 Å². The molecular weight excluding hydrogens is 366 g/mol. The Kier molecular flexibility index (Phi) is 6.88. The lowest BCUT2D eigenvalue weighted by atomic mass is 10.1. The first kappa shape index (κ1) is 20.9. The molecule has 1 heterocycles. The van der Waals surface area contributed by atoms with E-state index in [0.717, 1.165) is 22.4 Å². The molecule has 0 unspecified atom stereocenters. The maximum atomic E-state index is 12.4. The van der Waals surface area contributed by atoms with Crippen molar-refractivity contribution in [1.82, 2.24) is 9.80 Å². The molecule has 1 N–H and O–H groups in total. The highest BCUT2D eigenvalue weighted by Gasteiger charge is 2.23. The third-order valence-corrected chi connectivity index (χ3v) is 5.19. The first-order valence-corrected chi connectivity index (χ1v) is 9.98. The zero-order chi connectivity index (χ0) is 20.8. The normalized spacial score (nSPS) is 14.5. The molecule has 2 amide bonds. The van der Waals surface area contributed by atoms with E-state index in [1.54, 1.807) is 4.90 Å². The first-order valence-electron chi connectivity index (χ1n) is 9.98. The number of amides is 2. The summed E-state index contributed by atoms with van der Waals surface area (Å²) < 4.78 is 5.61. The van der Waals surface area contributed by atoms with Gasteiger partial charge in [0.2, 0.25) is 5.91 Å². The molecule has 154 valence electrons. The maximum absolute atomic E-state index is 12.4. The number of aryl methyl sites for hydroxylation is 3. The van der Waals surface area contributed by atoms with Crippen molar-refractivity contribution >= 4 is 17.5 Å². The zero-order valence-corrected chi connectivity index (χ0v) is 17.4. The number of anilines is 1. The summed E-state index contributed by atoms with van der Waals surface area (Å²) in [5.74, 6) is 0.663. The van der Waals surface area contributed by atoms with Gasteiger partial charge in [-0.2, -0.15) is 0 Å². The Morgan fingerprint density at radius 2 is 1.62 bits per heavy atom. The van der Waals surface area contributed by atoms with Gasteiger partial charge in [-0.25, -0.2) is 0 Å². The van der Waals surface area contributed by atoms with Gasteiger partial charge in [0.05, 0.1) is 6.54 Å². The summed E-state index contributed by atoms with van der Waals surface area (Å²) in [7, 11) is 0. The van der Waals surface area contributed by atoms with E-state index in [4.69, 9.17) is 4.74 Å². The van der Waals surface area contributed by atoms with Crippen molar-refractivity contribution in [2.45, 2.75) is 20.8 Å². The zero-order valence-electron chi connectivity index (χ0n) is 17.4. The van der Waals surface area contributed by atoms with Crippen molar-refractivity contribution in [3.63, 3.8) is 0 Å². The number of hydrogen-bond donors (Lipinski definition) is 1. The number of nitrogens with one attached hydrogen (secondary N) is 1. The lowest BCUT2D eigenvalue weighted by molar-refractivity contribution is -0.135. The van der Waals surface area contributed by atoms with Crippen molar-refractivity contribution < 1.29 is 14.3 Å². The number of benzene rings is 2. The Bertz CT molecular complexity index is 853. The summed E-state index contributed by atoms with van der Waals surface area (Å²) in [5, 5.41) is 3.02. The molecular formula is C23H29N3O3. The van der Waals surface area contributed by atoms with Gasteiger partial charge in [0.25, 0.3) is 5.91 Å². The molecule has 0 aliphatic carbocycles. The molecule has 0 aromatic heterocycles. The number of hydrogen-bond acceptors (Lipinski definition) is 4. The Hall–Kier alpha value is -2.86. The van der Waals surface area contributed by atoms with Crippen LogP contribution < -0.4 is 10.1 Å². The van der Waals surface area contributed by atoms with Crippen LogP contribution in [-0.4, -0.2) is 60.9 Å². The molecule has 1 aliphatic rings. The van der Waals surface area contributed by atoms with Gasteiger partial charge in [-0.1, -0.05) is 30.3 Å². The third-order valence-electron chi connectivity index (χ3n) is 5.19. The van der Waals surface area contributed by atoms with Gasteiger partial charge >= 0.3 is 0 Å². The van der Waals surface area contributed by atoms with Crippen LogP contribution in [0.4, 0.5) is 5.69 Å². The van der Waals surface area contributed by atoms with Crippen LogP contribution in [0.15, 0.2) is 42.5 Å². The number of carbonyl (C=O) groups excluding carboxylic acids is 2. The largest absolute Gasteiger partial charge is 0.484 e. The average molecular weight is 396 g/mol. The molecule has 1 fully saturated rings. The van der Waals surface area contributed by atoms with E-state index >= 15 is 0 Å². The number of rotatable bonds is 6. The molecule has 6 nitrogen and oxygen atoms in total. The highest BCUT2D eigenvalue weighted by atomic mass is 16.5. The minimum absolute atomic E-state index is 0.0221. The van der Waals surface area contributed by atoms with E-state index in [2.05, 4.69) is 10.2 Å².